The topological polar surface area (TPSA) is 27.6 Å². The van der Waals surface area contributed by atoms with Crippen LogP contribution in [0.2, 0.25) is 0 Å². The summed E-state index contributed by atoms with van der Waals surface area (Å²) in [5.74, 6) is 2.15. The number of hydrogen-bond donors (Lipinski definition) is 1. The predicted molar refractivity (Wildman–Crippen MR) is 88.5 cm³/mol. The average molecular weight is 295 g/mol. The Labute approximate surface area is 128 Å². The van der Waals surface area contributed by atoms with Crippen molar-refractivity contribution in [3.63, 3.8) is 0 Å². The fraction of sp³-hybridized carbons (Fsp3) is 0.938. The molecule has 1 N–H and O–H groups in total. The zero-order chi connectivity index (χ0) is 14.0. The molecule has 1 saturated carbocycles. The van der Waals surface area contributed by atoms with Crippen LogP contribution in [-0.4, -0.2) is 47.0 Å². The summed E-state index contributed by atoms with van der Waals surface area (Å²) >= 11 is 1.95. The van der Waals surface area contributed by atoms with Crippen LogP contribution in [0.1, 0.15) is 52.4 Å². The Morgan fingerprint density at radius 3 is 2.75 bits per heavy atom. The Balaban J connectivity index is 1.50. The first kappa shape index (κ1) is 14.7. The van der Waals surface area contributed by atoms with Gasteiger partial charge in [-0.1, -0.05) is 18.7 Å². The van der Waals surface area contributed by atoms with Crippen LogP contribution in [0, 0.1) is 5.92 Å². The van der Waals surface area contributed by atoms with Crippen LogP contribution in [0.5, 0.6) is 0 Å². The SMILES string of the molecule is CC1CCC2(CC1)CSC(=NCC(C)N1CCCC1)N2. The molecule has 3 nitrogen and oxygen atoms in total. The molecule has 0 aromatic rings. The number of amidine groups is 1. The Morgan fingerprint density at radius 2 is 2.05 bits per heavy atom. The highest BCUT2D eigenvalue weighted by atomic mass is 32.2. The van der Waals surface area contributed by atoms with E-state index in [2.05, 4.69) is 24.1 Å². The minimum absolute atomic E-state index is 0.382. The smallest absolute Gasteiger partial charge is 0.157 e. The molecule has 2 aliphatic heterocycles. The minimum Gasteiger partial charge on any atom is -0.359 e. The first-order valence-electron chi connectivity index (χ1n) is 8.36. The van der Waals surface area contributed by atoms with E-state index in [1.165, 1.54) is 62.5 Å². The van der Waals surface area contributed by atoms with Crippen molar-refractivity contribution in [2.45, 2.75) is 64.0 Å². The lowest BCUT2D eigenvalue weighted by Gasteiger charge is -2.35. The second-order valence-corrected chi connectivity index (χ2v) is 8.08. The summed E-state index contributed by atoms with van der Waals surface area (Å²) in [6, 6.07) is 0.607. The highest BCUT2D eigenvalue weighted by molar-refractivity contribution is 8.14. The third-order valence-electron chi connectivity index (χ3n) is 5.35. The van der Waals surface area contributed by atoms with Gasteiger partial charge in [-0.3, -0.25) is 9.89 Å². The van der Waals surface area contributed by atoms with E-state index in [0.29, 0.717) is 11.6 Å². The second kappa shape index (κ2) is 6.27. The van der Waals surface area contributed by atoms with Gasteiger partial charge in [0.15, 0.2) is 5.17 Å². The van der Waals surface area contributed by atoms with Crippen LogP contribution >= 0.6 is 11.8 Å². The van der Waals surface area contributed by atoms with E-state index < -0.39 is 0 Å². The lowest BCUT2D eigenvalue weighted by atomic mass is 9.78. The maximum atomic E-state index is 4.86. The van der Waals surface area contributed by atoms with Gasteiger partial charge >= 0.3 is 0 Å². The number of likely N-dealkylation sites (tertiary alicyclic amines) is 1. The first-order chi connectivity index (χ1) is 9.67. The summed E-state index contributed by atoms with van der Waals surface area (Å²) < 4.78 is 0. The summed E-state index contributed by atoms with van der Waals surface area (Å²) in [7, 11) is 0. The first-order valence-corrected chi connectivity index (χ1v) is 9.35. The summed E-state index contributed by atoms with van der Waals surface area (Å²) in [5, 5.41) is 4.98. The summed E-state index contributed by atoms with van der Waals surface area (Å²) in [6.07, 6.45) is 8.17. The summed E-state index contributed by atoms with van der Waals surface area (Å²) in [5.41, 5.74) is 0.382. The van der Waals surface area contributed by atoms with Gasteiger partial charge in [0, 0.05) is 17.3 Å². The summed E-state index contributed by atoms with van der Waals surface area (Å²) in [4.78, 5) is 7.45. The zero-order valence-electron chi connectivity index (χ0n) is 13.0. The second-order valence-electron chi connectivity index (χ2n) is 7.11. The molecular formula is C16H29N3S. The Morgan fingerprint density at radius 1 is 1.35 bits per heavy atom. The molecule has 3 rings (SSSR count). The standard InChI is InChI=1S/C16H29N3S/c1-13-5-7-16(8-6-13)12-20-15(18-16)17-11-14(2)19-9-3-4-10-19/h13-14H,3-12H2,1-2H3,(H,17,18). The molecule has 0 aromatic heterocycles. The van der Waals surface area contributed by atoms with Crippen molar-refractivity contribution in [2.75, 3.05) is 25.4 Å². The number of nitrogens with zero attached hydrogens (tertiary/aromatic N) is 2. The number of thioether (sulfide) groups is 1. The average Bonchev–Trinajstić information content (AvgIpc) is 3.10. The van der Waals surface area contributed by atoms with Crippen molar-refractivity contribution in [1.29, 1.82) is 0 Å². The van der Waals surface area contributed by atoms with Crippen LogP contribution in [0.3, 0.4) is 0 Å². The third kappa shape index (κ3) is 3.33. The molecule has 3 fully saturated rings. The lowest BCUT2D eigenvalue weighted by Crippen LogP contribution is -2.46. The maximum absolute atomic E-state index is 4.86. The Kier molecular flexibility index (Phi) is 4.61. The van der Waals surface area contributed by atoms with Crippen molar-refractivity contribution >= 4 is 16.9 Å². The van der Waals surface area contributed by atoms with Gasteiger partial charge in [-0.25, -0.2) is 0 Å². The van der Waals surface area contributed by atoms with Crippen LogP contribution in [0.4, 0.5) is 0 Å². The number of rotatable bonds is 3. The Bertz CT molecular complexity index is 355. The van der Waals surface area contributed by atoms with Crippen molar-refractivity contribution in [2.24, 2.45) is 10.9 Å². The van der Waals surface area contributed by atoms with Gasteiger partial charge in [0.25, 0.3) is 0 Å². The van der Waals surface area contributed by atoms with Gasteiger partial charge in [-0.2, -0.15) is 0 Å². The van der Waals surface area contributed by atoms with E-state index in [4.69, 9.17) is 4.99 Å². The molecule has 0 radical (unpaired) electrons. The molecule has 2 heterocycles. The highest BCUT2D eigenvalue weighted by Gasteiger charge is 2.39. The normalized spacial score (nSPS) is 38.5. The highest BCUT2D eigenvalue weighted by Crippen LogP contribution is 2.38. The molecule has 20 heavy (non-hydrogen) atoms. The molecule has 3 aliphatic rings. The molecule has 0 bridgehead atoms. The van der Waals surface area contributed by atoms with Crippen molar-refractivity contribution < 1.29 is 0 Å². The van der Waals surface area contributed by atoms with Crippen LogP contribution in [-0.2, 0) is 0 Å². The van der Waals surface area contributed by atoms with Gasteiger partial charge in [0.05, 0.1) is 6.54 Å². The zero-order valence-corrected chi connectivity index (χ0v) is 13.8. The molecular weight excluding hydrogens is 266 g/mol. The van der Waals surface area contributed by atoms with Crippen LogP contribution in [0.15, 0.2) is 4.99 Å². The van der Waals surface area contributed by atoms with Gasteiger partial charge in [-0.05, 0) is 64.5 Å². The number of hydrogen-bond acceptors (Lipinski definition) is 3. The molecule has 1 atom stereocenters. The quantitative estimate of drug-likeness (QED) is 0.867. The van der Waals surface area contributed by atoms with Gasteiger partial charge in [0.2, 0.25) is 0 Å². The molecule has 0 amide bonds. The molecule has 114 valence electrons. The largest absolute Gasteiger partial charge is 0.359 e. The van der Waals surface area contributed by atoms with Crippen LogP contribution in [0.25, 0.3) is 0 Å². The van der Waals surface area contributed by atoms with E-state index in [1.54, 1.807) is 0 Å². The van der Waals surface area contributed by atoms with Crippen molar-refractivity contribution in [3.8, 4) is 0 Å². The third-order valence-corrected chi connectivity index (χ3v) is 6.55. The molecule has 1 aliphatic carbocycles. The van der Waals surface area contributed by atoms with E-state index >= 15 is 0 Å². The monoisotopic (exact) mass is 295 g/mol. The maximum Gasteiger partial charge on any atom is 0.157 e. The predicted octanol–water partition coefficient (Wildman–Crippen LogP) is 3.11. The fourth-order valence-electron chi connectivity index (χ4n) is 3.69. The molecule has 1 unspecified atom stereocenters. The fourth-order valence-corrected chi connectivity index (χ4v) is 4.92. The summed E-state index contributed by atoms with van der Waals surface area (Å²) in [6.45, 7) is 8.22. The molecule has 1 spiro atoms. The van der Waals surface area contributed by atoms with E-state index in [9.17, 15) is 0 Å². The van der Waals surface area contributed by atoms with Gasteiger partial charge < -0.3 is 5.32 Å². The van der Waals surface area contributed by atoms with Crippen molar-refractivity contribution in [1.82, 2.24) is 10.2 Å². The number of aliphatic imine (C=N–C) groups is 1. The van der Waals surface area contributed by atoms with E-state index in [0.717, 1.165) is 12.5 Å². The van der Waals surface area contributed by atoms with Crippen molar-refractivity contribution in [3.05, 3.63) is 0 Å². The molecule has 0 aromatic carbocycles. The van der Waals surface area contributed by atoms with Gasteiger partial charge in [0.1, 0.15) is 0 Å². The number of nitrogens with one attached hydrogen (secondary N) is 1. The minimum atomic E-state index is 0.382. The lowest BCUT2D eigenvalue weighted by molar-refractivity contribution is 0.249. The Hall–Kier alpha value is -0.220. The van der Waals surface area contributed by atoms with Gasteiger partial charge in [-0.15, -0.1) is 0 Å². The molecule has 4 heteroatoms. The van der Waals surface area contributed by atoms with E-state index in [1.807, 2.05) is 11.8 Å². The molecule has 2 saturated heterocycles. The van der Waals surface area contributed by atoms with E-state index in [-0.39, 0.29) is 0 Å². The van der Waals surface area contributed by atoms with Crippen LogP contribution < -0.4 is 5.32 Å².